The third-order valence-corrected chi connectivity index (χ3v) is 6.95. The Morgan fingerprint density at radius 3 is 2.69 bits per heavy atom. The van der Waals surface area contributed by atoms with Crippen molar-refractivity contribution in [2.24, 2.45) is 5.92 Å². The fourth-order valence-electron chi connectivity index (χ4n) is 5.04. The van der Waals surface area contributed by atoms with Gasteiger partial charge >= 0.3 is 0 Å². The normalized spacial score (nSPS) is 27.8. The summed E-state index contributed by atoms with van der Waals surface area (Å²) >= 11 is 0. The van der Waals surface area contributed by atoms with E-state index in [2.05, 4.69) is 49.1 Å². The average molecular weight is 351 g/mol. The van der Waals surface area contributed by atoms with Gasteiger partial charge in [0.15, 0.2) is 0 Å². The monoisotopic (exact) mass is 351 g/mol. The van der Waals surface area contributed by atoms with Crippen molar-refractivity contribution >= 4 is 0 Å². The molecule has 3 atom stereocenters. The van der Waals surface area contributed by atoms with Gasteiger partial charge in [0, 0.05) is 12.6 Å². The number of methoxy groups -OCH3 is 1. The summed E-state index contributed by atoms with van der Waals surface area (Å²) in [7, 11) is 1.71. The molecule has 1 heterocycles. The Morgan fingerprint density at radius 1 is 1.19 bits per heavy atom. The van der Waals surface area contributed by atoms with Crippen LogP contribution in [0.3, 0.4) is 0 Å². The van der Waals surface area contributed by atoms with Crippen molar-refractivity contribution in [2.75, 3.05) is 20.2 Å². The molecule has 1 saturated heterocycles. The van der Waals surface area contributed by atoms with Gasteiger partial charge < -0.3 is 9.84 Å². The Morgan fingerprint density at radius 2 is 1.96 bits per heavy atom. The van der Waals surface area contributed by atoms with Crippen LogP contribution in [0, 0.1) is 5.92 Å². The maximum absolute atomic E-state index is 9.97. The molecule has 0 amide bonds. The zero-order chi connectivity index (χ0) is 18.3. The maximum Gasteiger partial charge on any atom is 0.118 e. The highest BCUT2D eigenvalue weighted by Crippen LogP contribution is 2.49. The summed E-state index contributed by atoms with van der Waals surface area (Å²) in [5, 5.41) is 9.97. The van der Waals surface area contributed by atoms with Crippen LogP contribution in [0.25, 0.3) is 0 Å². The quantitative estimate of drug-likeness (QED) is 0.897. The van der Waals surface area contributed by atoms with Gasteiger partial charge in [-0.1, -0.05) is 32.0 Å². The first-order chi connectivity index (χ1) is 12.5. The Labute approximate surface area is 156 Å². The molecule has 1 aliphatic heterocycles. The molecule has 3 nitrogen and oxygen atoms in total. The first-order valence-corrected chi connectivity index (χ1v) is 9.70. The molecule has 2 aliphatic rings. The summed E-state index contributed by atoms with van der Waals surface area (Å²) in [6.45, 7) is 7.03. The lowest BCUT2D eigenvalue weighted by Gasteiger charge is -2.54. The van der Waals surface area contributed by atoms with E-state index in [1.54, 1.807) is 7.11 Å². The molecule has 26 heavy (non-hydrogen) atoms. The third kappa shape index (κ3) is 2.88. The van der Waals surface area contributed by atoms with Crippen molar-refractivity contribution in [3.63, 3.8) is 0 Å². The Bertz CT molecular complexity index is 785. The number of likely N-dealkylation sites (tertiary alicyclic amines) is 1. The van der Waals surface area contributed by atoms with Gasteiger partial charge in [-0.3, -0.25) is 4.90 Å². The van der Waals surface area contributed by atoms with E-state index in [1.165, 1.54) is 16.7 Å². The molecule has 0 unspecified atom stereocenters. The number of benzene rings is 2. The fourth-order valence-corrected chi connectivity index (χ4v) is 5.04. The standard InChI is InChI=1S/C23H29NO2/c1-16-22-14-18-6-7-19(25)15-21(18)23(16,2)11-13-24(22)12-10-17-4-8-20(26-3)9-5-17/h4-9,15-16,22,25H,10-14H2,1-3H3/t16-,22-,23+/m0/s1. The van der Waals surface area contributed by atoms with E-state index in [4.69, 9.17) is 4.74 Å². The number of aromatic hydroxyl groups is 1. The van der Waals surface area contributed by atoms with Gasteiger partial charge in [-0.05, 0) is 78.1 Å². The Kier molecular flexibility index (Phi) is 4.44. The van der Waals surface area contributed by atoms with Gasteiger partial charge in [0.05, 0.1) is 7.11 Å². The predicted molar refractivity (Wildman–Crippen MR) is 105 cm³/mol. The van der Waals surface area contributed by atoms with Crippen LogP contribution in [0.2, 0.25) is 0 Å². The molecule has 138 valence electrons. The molecule has 3 heteroatoms. The lowest BCUT2D eigenvalue weighted by atomic mass is 9.59. The van der Waals surface area contributed by atoms with Crippen LogP contribution in [0.4, 0.5) is 0 Å². The van der Waals surface area contributed by atoms with Crippen molar-refractivity contribution < 1.29 is 9.84 Å². The fraction of sp³-hybridized carbons (Fsp3) is 0.478. The van der Waals surface area contributed by atoms with Crippen LogP contribution in [0.1, 0.15) is 37.0 Å². The van der Waals surface area contributed by atoms with E-state index in [1.807, 2.05) is 12.1 Å². The molecule has 1 N–H and O–H groups in total. The van der Waals surface area contributed by atoms with Crippen LogP contribution >= 0.6 is 0 Å². The topological polar surface area (TPSA) is 32.7 Å². The number of fused-ring (bicyclic) bond motifs is 4. The molecule has 4 rings (SSSR count). The number of rotatable bonds is 4. The van der Waals surface area contributed by atoms with Crippen LogP contribution in [0.15, 0.2) is 42.5 Å². The highest BCUT2D eigenvalue weighted by Gasteiger charge is 2.48. The average Bonchev–Trinajstić information content (AvgIpc) is 2.65. The van der Waals surface area contributed by atoms with Crippen molar-refractivity contribution in [3.05, 3.63) is 59.2 Å². The Balaban J connectivity index is 1.51. The molecule has 2 bridgehead atoms. The van der Waals surface area contributed by atoms with Crippen LogP contribution in [-0.2, 0) is 18.3 Å². The molecule has 1 aliphatic carbocycles. The summed E-state index contributed by atoms with van der Waals surface area (Å²) in [6.07, 6.45) is 3.32. The first kappa shape index (κ1) is 17.4. The van der Waals surface area contributed by atoms with Crippen LogP contribution < -0.4 is 4.74 Å². The predicted octanol–water partition coefficient (Wildman–Crippen LogP) is 4.17. The minimum atomic E-state index is 0.174. The lowest BCUT2D eigenvalue weighted by Crippen LogP contribution is -2.58. The van der Waals surface area contributed by atoms with Gasteiger partial charge in [0.1, 0.15) is 11.5 Å². The van der Waals surface area contributed by atoms with E-state index >= 15 is 0 Å². The second kappa shape index (κ2) is 6.62. The van der Waals surface area contributed by atoms with E-state index in [0.29, 0.717) is 17.7 Å². The molecular formula is C23H29NO2. The van der Waals surface area contributed by atoms with E-state index in [9.17, 15) is 5.11 Å². The van der Waals surface area contributed by atoms with Gasteiger partial charge in [-0.25, -0.2) is 0 Å². The van der Waals surface area contributed by atoms with Gasteiger partial charge in [0.25, 0.3) is 0 Å². The minimum absolute atomic E-state index is 0.174. The molecule has 0 radical (unpaired) electrons. The maximum atomic E-state index is 9.97. The van der Waals surface area contributed by atoms with Gasteiger partial charge in [0.2, 0.25) is 0 Å². The van der Waals surface area contributed by atoms with E-state index in [0.717, 1.165) is 38.1 Å². The van der Waals surface area contributed by atoms with Crippen molar-refractivity contribution in [1.82, 2.24) is 4.90 Å². The summed E-state index contributed by atoms with van der Waals surface area (Å²) in [4.78, 5) is 2.69. The molecule has 0 aromatic heterocycles. The Hall–Kier alpha value is -2.00. The second-order valence-corrected chi connectivity index (χ2v) is 8.20. The summed E-state index contributed by atoms with van der Waals surface area (Å²) in [5.74, 6) is 1.92. The number of nitrogens with zero attached hydrogens (tertiary/aromatic N) is 1. The highest BCUT2D eigenvalue weighted by molar-refractivity contribution is 5.44. The minimum Gasteiger partial charge on any atom is -0.508 e. The lowest BCUT2D eigenvalue weighted by molar-refractivity contribution is 0.0322. The largest absolute Gasteiger partial charge is 0.508 e. The zero-order valence-electron chi connectivity index (χ0n) is 16.0. The summed E-state index contributed by atoms with van der Waals surface area (Å²) < 4.78 is 5.26. The third-order valence-electron chi connectivity index (χ3n) is 6.95. The summed E-state index contributed by atoms with van der Waals surface area (Å²) in [6, 6.07) is 15.0. The molecule has 0 saturated carbocycles. The van der Waals surface area contributed by atoms with Crippen molar-refractivity contribution in [2.45, 2.75) is 44.6 Å². The summed E-state index contributed by atoms with van der Waals surface area (Å²) in [5.41, 5.74) is 4.33. The highest BCUT2D eigenvalue weighted by atomic mass is 16.5. The van der Waals surface area contributed by atoms with Crippen molar-refractivity contribution in [1.29, 1.82) is 0 Å². The second-order valence-electron chi connectivity index (χ2n) is 8.20. The van der Waals surface area contributed by atoms with Crippen molar-refractivity contribution in [3.8, 4) is 11.5 Å². The number of phenolic OH excluding ortho intramolecular Hbond substituents is 1. The van der Waals surface area contributed by atoms with Gasteiger partial charge in [-0.2, -0.15) is 0 Å². The number of piperidine rings is 1. The smallest absolute Gasteiger partial charge is 0.118 e. The van der Waals surface area contributed by atoms with Gasteiger partial charge in [-0.15, -0.1) is 0 Å². The number of hydrogen-bond acceptors (Lipinski definition) is 3. The SMILES string of the molecule is COc1ccc(CCN2CC[C@@]3(C)c4cc(O)ccc4C[C@H]2[C@@H]3C)cc1. The zero-order valence-corrected chi connectivity index (χ0v) is 16.0. The molecule has 1 fully saturated rings. The molecule has 2 aromatic carbocycles. The molecule has 0 spiro atoms. The van der Waals surface area contributed by atoms with Crippen LogP contribution in [0.5, 0.6) is 11.5 Å². The van der Waals surface area contributed by atoms with Crippen LogP contribution in [-0.4, -0.2) is 36.2 Å². The molecule has 2 aromatic rings. The molecular weight excluding hydrogens is 322 g/mol. The first-order valence-electron chi connectivity index (χ1n) is 9.70. The van der Waals surface area contributed by atoms with E-state index in [-0.39, 0.29) is 5.41 Å². The number of ether oxygens (including phenoxy) is 1. The number of phenols is 1. The number of hydrogen-bond donors (Lipinski definition) is 1. The van der Waals surface area contributed by atoms with E-state index < -0.39 is 0 Å².